The number of allylic oxidation sites excluding steroid dienone is 1. The normalized spacial score (nSPS) is 14.7. The molecule has 11 heteroatoms. The second-order valence-electron chi connectivity index (χ2n) is 7.32. The van der Waals surface area contributed by atoms with E-state index in [0.717, 1.165) is 38.4 Å². The van der Waals surface area contributed by atoms with Gasteiger partial charge in [-0.3, -0.25) is 19.1 Å². The van der Waals surface area contributed by atoms with E-state index in [1.807, 2.05) is 12.3 Å². The Kier molecular flexibility index (Phi) is 7.40. The summed E-state index contributed by atoms with van der Waals surface area (Å²) in [7, 11) is 0. The second kappa shape index (κ2) is 10.4. The second-order valence-corrected chi connectivity index (χ2v) is 9.12. The highest BCUT2D eigenvalue weighted by atomic mass is 32.2. The summed E-state index contributed by atoms with van der Waals surface area (Å²) in [5.74, 6) is 0.478. The Labute approximate surface area is 193 Å². The third-order valence-electron chi connectivity index (χ3n) is 5.08. The molecule has 0 unspecified atom stereocenters. The molecule has 9 nitrogen and oxygen atoms in total. The number of fused-ring (bicyclic) bond motifs is 1. The summed E-state index contributed by atoms with van der Waals surface area (Å²) in [6, 6.07) is 0. The minimum Gasteiger partial charge on any atom is -0.447 e. The number of rotatable bonds is 9. The number of carbonyl (C=O) groups is 1. The summed E-state index contributed by atoms with van der Waals surface area (Å²) in [5, 5.41) is 6.02. The first-order valence-electron chi connectivity index (χ1n) is 10.3. The van der Waals surface area contributed by atoms with Gasteiger partial charge in [0.15, 0.2) is 10.9 Å². The summed E-state index contributed by atoms with van der Waals surface area (Å²) >= 11 is 2.79. The first-order chi connectivity index (χ1) is 15.6. The van der Waals surface area contributed by atoms with Gasteiger partial charge in [-0.15, -0.1) is 17.9 Å². The molecule has 0 aliphatic carbocycles. The van der Waals surface area contributed by atoms with Crippen LogP contribution in [-0.4, -0.2) is 64.7 Å². The maximum atomic E-state index is 12.9. The van der Waals surface area contributed by atoms with E-state index in [2.05, 4.69) is 26.8 Å². The van der Waals surface area contributed by atoms with E-state index in [-0.39, 0.29) is 17.2 Å². The highest BCUT2D eigenvalue weighted by Crippen LogP contribution is 2.26. The molecular formula is C21H25N5O4S2. The van der Waals surface area contributed by atoms with E-state index >= 15 is 0 Å². The number of amides is 1. The van der Waals surface area contributed by atoms with Gasteiger partial charge >= 0.3 is 0 Å². The SMILES string of the molecule is C=CCn1c(SCc2nc(C(=O)NCCN3CCOCC3)co2)nc2scc(C)c2c1=O. The number of morpholine rings is 1. The highest BCUT2D eigenvalue weighted by Gasteiger charge is 2.17. The Morgan fingerprint density at radius 2 is 2.19 bits per heavy atom. The standard InChI is InChI=1S/C21H25N5O4S2/c1-3-5-26-20(28)17-14(2)12-31-19(17)24-21(26)32-13-16-23-15(11-30-16)18(27)22-4-6-25-7-9-29-10-8-25/h3,11-12H,1,4-10,13H2,2H3,(H,22,27). The molecule has 170 valence electrons. The summed E-state index contributed by atoms with van der Waals surface area (Å²) in [6.07, 6.45) is 3.03. The van der Waals surface area contributed by atoms with E-state index < -0.39 is 0 Å². The molecule has 0 radical (unpaired) electrons. The fourth-order valence-electron chi connectivity index (χ4n) is 3.39. The molecule has 32 heavy (non-hydrogen) atoms. The minimum absolute atomic E-state index is 0.0797. The summed E-state index contributed by atoms with van der Waals surface area (Å²) in [4.78, 5) is 37.2. The number of nitrogens with one attached hydrogen (secondary N) is 1. The molecule has 1 aliphatic rings. The van der Waals surface area contributed by atoms with Crippen molar-refractivity contribution in [1.29, 1.82) is 0 Å². The number of oxazole rings is 1. The third-order valence-corrected chi connectivity index (χ3v) is 7.03. The summed E-state index contributed by atoms with van der Waals surface area (Å²) in [6.45, 7) is 10.5. The molecule has 0 spiro atoms. The Morgan fingerprint density at radius 1 is 1.38 bits per heavy atom. The monoisotopic (exact) mass is 475 g/mol. The van der Waals surface area contributed by atoms with Gasteiger partial charge in [0, 0.05) is 32.7 Å². The number of hydrogen-bond acceptors (Lipinski definition) is 9. The molecule has 1 saturated heterocycles. The molecule has 0 aromatic carbocycles. The van der Waals surface area contributed by atoms with Gasteiger partial charge in [-0.05, 0) is 17.9 Å². The van der Waals surface area contributed by atoms with Gasteiger partial charge in [0.05, 0.1) is 24.4 Å². The van der Waals surface area contributed by atoms with Gasteiger partial charge in [-0.1, -0.05) is 17.8 Å². The minimum atomic E-state index is -0.268. The van der Waals surface area contributed by atoms with Crippen LogP contribution in [0.1, 0.15) is 21.9 Å². The Bertz CT molecular complexity index is 1160. The van der Waals surface area contributed by atoms with Gasteiger partial charge < -0.3 is 14.5 Å². The average Bonchev–Trinajstić information content (AvgIpc) is 3.42. The number of aryl methyl sites for hydroxylation is 1. The van der Waals surface area contributed by atoms with Gasteiger partial charge in [-0.25, -0.2) is 9.97 Å². The molecular weight excluding hydrogens is 450 g/mol. The van der Waals surface area contributed by atoms with Crippen LogP contribution < -0.4 is 10.9 Å². The Balaban J connectivity index is 1.38. The van der Waals surface area contributed by atoms with Crippen LogP contribution in [0.4, 0.5) is 0 Å². The van der Waals surface area contributed by atoms with Crippen molar-refractivity contribution < 1.29 is 13.9 Å². The Hall–Kier alpha value is -2.47. The summed E-state index contributed by atoms with van der Waals surface area (Å²) < 4.78 is 12.4. The van der Waals surface area contributed by atoms with Crippen molar-refractivity contribution in [2.75, 3.05) is 39.4 Å². The maximum absolute atomic E-state index is 12.9. The fraction of sp³-hybridized carbons (Fsp3) is 0.429. The predicted molar refractivity (Wildman–Crippen MR) is 124 cm³/mol. The van der Waals surface area contributed by atoms with Crippen LogP contribution in [0.15, 0.2) is 38.7 Å². The topological polar surface area (TPSA) is 102 Å². The van der Waals surface area contributed by atoms with Crippen molar-refractivity contribution >= 4 is 39.2 Å². The molecule has 3 aromatic heterocycles. The number of hydrogen-bond donors (Lipinski definition) is 1. The Morgan fingerprint density at radius 3 is 2.97 bits per heavy atom. The lowest BCUT2D eigenvalue weighted by Gasteiger charge is -2.26. The van der Waals surface area contributed by atoms with Crippen molar-refractivity contribution in [2.45, 2.75) is 24.4 Å². The number of thiophene rings is 1. The molecule has 1 fully saturated rings. The molecule has 1 amide bonds. The molecule has 1 N–H and O–H groups in total. The van der Waals surface area contributed by atoms with Crippen molar-refractivity contribution in [2.24, 2.45) is 0 Å². The highest BCUT2D eigenvalue weighted by molar-refractivity contribution is 7.98. The number of ether oxygens (including phenoxy) is 1. The zero-order chi connectivity index (χ0) is 22.5. The van der Waals surface area contributed by atoms with Crippen molar-refractivity contribution in [3.05, 3.63) is 51.8 Å². The number of carbonyl (C=O) groups excluding carboxylic acids is 1. The van der Waals surface area contributed by atoms with Crippen molar-refractivity contribution in [3.8, 4) is 0 Å². The molecule has 0 atom stereocenters. The smallest absolute Gasteiger partial charge is 0.273 e. The summed E-state index contributed by atoms with van der Waals surface area (Å²) in [5.41, 5.74) is 1.08. The van der Waals surface area contributed by atoms with E-state index in [9.17, 15) is 9.59 Å². The molecule has 4 heterocycles. The molecule has 1 aliphatic heterocycles. The third kappa shape index (κ3) is 5.12. The van der Waals surface area contributed by atoms with Crippen LogP contribution in [0.5, 0.6) is 0 Å². The van der Waals surface area contributed by atoms with E-state index in [1.54, 1.807) is 10.6 Å². The van der Waals surface area contributed by atoms with Crippen LogP contribution in [0.3, 0.4) is 0 Å². The van der Waals surface area contributed by atoms with E-state index in [0.29, 0.717) is 40.1 Å². The number of aromatic nitrogens is 3. The van der Waals surface area contributed by atoms with Gasteiger partial charge in [0.2, 0.25) is 5.89 Å². The molecule has 0 bridgehead atoms. The van der Waals surface area contributed by atoms with Crippen LogP contribution in [0, 0.1) is 6.92 Å². The zero-order valence-corrected chi connectivity index (χ0v) is 19.5. The zero-order valence-electron chi connectivity index (χ0n) is 17.8. The predicted octanol–water partition coefficient (Wildman–Crippen LogP) is 2.29. The van der Waals surface area contributed by atoms with Gasteiger partial charge in [0.25, 0.3) is 11.5 Å². The van der Waals surface area contributed by atoms with Crippen molar-refractivity contribution in [1.82, 2.24) is 24.8 Å². The fourth-order valence-corrected chi connectivity index (χ4v) is 5.22. The van der Waals surface area contributed by atoms with E-state index in [4.69, 9.17) is 9.15 Å². The van der Waals surface area contributed by atoms with Gasteiger partial charge in [-0.2, -0.15) is 0 Å². The molecule has 4 rings (SSSR count). The maximum Gasteiger partial charge on any atom is 0.273 e. The number of nitrogens with zero attached hydrogens (tertiary/aromatic N) is 4. The first kappa shape index (κ1) is 22.7. The average molecular weight is 476 g/mol. The quantitative estimate of drug-likeness (QED) is 0.286. The van der Waals surface area contributed by atoms with Gasteiger partial charge in [0.1, 0.15) is 11.1 Å². The van der Waals surface area contributed by atoms with E-state index in [1.165, 1.54) is 29.4 Å². The molecule has 0 saturated carbocycles. The van der Waals surface area contributed by atoms with Crippen LogP contribution in [0.25, 0.3) is 10.2 Å². The van der Waals surface area contributed by atoms with Crippen LogP contribution in [0.2, 0.25) is 0 Å². The van der Waals surface area contributed by atoms with Crippen LogP contribution >= 0.6 is 23.1 Å². The molecule has 3 aromatic rings. The van der Waals surface area contributed by atoms with Crippen LogP contribution in [-0.2, 0) is 17.0 Å². The lowest BCUT2D eigenvalue weighted by atomic mass is 10.3. The lowest BCUT2D eigenvalue weighted by Crippen LogP contribution is -2.41. The number of thioether (sulfide) groups is 1. The largest absolute Gasteiger partial charge is 0.447 e. The first-order valence-corrected chi connectivity index (χ1v) is 12.2. The van der Waals surface area contributed by atoms with Crippen molar-refractivity contribution in [3.63, 3.8) is 0 Å². The lowest BCUT2D eigenvalue weighted by molar-refractivity contribution is 0.0383.